The zero-order valence-corrected chi connectivity index (χ0v) is 11.9. The number of aryl methyl sites for hydroxylation is 3. The third-order valence-electron chi connectivity index (χ3n) is 4.61. The molecule has 0 aliphatic heterocycles. The van der Waals surface area contributed by atoms with E-state index in [1.54, 1.807) is 5.56 Å². The van der Waals surface area contributed by atoms with E-state index in [0.717, 1.165) is 0 Å². The smallest absolute Gasteiger partial charge is 0.00953 e. The Bertz CT molecular complexity index is 393. The third kappa shape index (κ3) is 2.40. The standard InChI is InChI=1S/C16H25N/c1-11-8-12(2)15(13(3)9-11)10-16(6-7-16)14(4)17-5/h8-9,14,17H,6-7,10H2,1-5H3. The van der Waals surface area contributed by atoms with Crippen LogP contribution in [0.4, 0.5) is 0 Å². The van der Waals surface area contributed by atoms with Crippen LogP contribution >= 0.6 is 0 Å². The lowest BCUT2D eigenvalue weighted by Gasteiger charge is -2.25. The first-order valence-corrected chi connectivity index (χ1v) is 6.72. The molecule has 0 saturated heterocycles. The normalized spacial score (nSPS) is 19.1. The molecule has 1 aromatic carbocycles. The van der Waals surface area contributed by atoms with Crippen LogP contribution in [0, 0.1) is 26.2 Å². The van der Waals surface area contributed by atoms with E-state index < -0.39 is 0 Å². The minimum atomic E-state index is 0.527. The van der Waals surface area contributed by atoms with Crippen molar-refractivity contribution in [3.8, 4) is 0 Å². The summed E-state index contributed by atoms with van der Waals surface area (Å²) in [6, 6.07) is 5.27. The lowest BCUT2D eigenvalue weighted by molar-refractivity contribution is 0.368. The van der Waals surface area contributed by atoms with Gasteiger partial charge < -0.3 is 5.32 Å². The van der Waals surface area contributed by atoms with Gasteiger partial charge in [-0.15, -0.1) is 0 Å². The number of rotatable bonds is 4. The van der Waals surface area contributed by atoms with Gasteiger partial charge in [0.1, 0.15) is 0 Å². The molecule has 1 heteroatoms. The van der Waals surface area contributed by atoms with Gasteiger partial charge >= 0.3 is 0 Å². The SMILES string of the molecule is CNC(C)C1(Cc2c(C)cc(C)cc2C)CC1. The van der Waals surface area contributed by atoms with Crippen molar-refractivity contribution >= 4 is 0 Å². The molecule has 1 unspecified atom stereocenters. The van der Waals surface area contributed by atoms with Crippen molar-refractivity contribution in [3.05, 3.63) is 34.4 Å². The van der Waals surface area contributed by atoms with E-state index in [4.69, 9.17) is 0 Å². The molecule has 0 radical (unpaired) electrons. The van der Waals surface area contributed by atoms with E-state index >= 15 is 0 Å². The first-order chi connectivity index (χ1) is 7.98. The molecule has 1 N–H and O–H groups in total. The summed E-state index contributed by atoms with van der Waals surface area (Å²) in [6.07, 6.45) is 4.00. The molecule has 0 spiro atoms. The first kappa shape index (κ1) is 12.6. The van der Waals surface area contributed by atoms with Gasteiger partial charge in [-0.3, -0.25) is 0 Å². The zero-order valence-electron chi connectivity index (χ0n) is 11.9. The maximum Gasteiger partial charge on any atom is 0.00953 e. The van der Waals surface area contributed by atoms with Crippen LogP contribution < -0.4 is 5.32 Å². The summed E-state index contributed by atoms with van der Waals surface area (Å²) in [5, 5.41) is 3.44. The van der Waals surface area contributed by atoms with Crippen LogP contribution in [0.1, 0.15) is 42.0 Å². The molecular formula is C16H25N. The summed E-state index contributed by atoms with van der Waals surface area (Å²) in [7, 11) is 2.08. The fourth-order valence-electron chi connectivity index (χ4n) is 3.07. The van der Waals surface area contributed by atoms with Crippen LogP contribution in [0.3, 0.4) is 0 Å². The number of benzene rings is 1. The van der Waals surface area contributed by atoms with Gasteiger partial charge in [-0.05, 0) is 76.1 Å². The quantitative estimate of drug-likeness (QED) is 0.835. The lowest BCUT2D eigenvalue weighted by atomic mass is 9.85. The van der Waals surface area contributed by atoms with Gasteiger partial charge in [-0.1, -0.05) is 17.7 Å². The topological polar surface area (TPSA) is 12.0 Å². The molecular weight excluding hydrogens is 206 g/mol. The third-order valence-corrected chi connectivity index (χ3v) is 4.61. The summed E-state index contributed by atoms with van der Waals surface area (Å²) in [6.45, 7) is 9.03. The van der Waals surface area contributed by atoms with Gasteiger partial charge in [0.15, 0.2) is 0 Å². The molecule has 1 fully saturated rings. The molecule has 1 aliphatic carbocycles. The highest BCUT2D eigenvalue weighted by Gasteiger charge is 2.46. The van der Waals surface area contributed by atoms with Crippen LogP contribution in [0.5, 0.6) is 0 Å². The summed E-state index contributed by atoms with van der Waals surface area (Å²) >= 11 is 0. The van der Waals surface area contributed by atoms with Gasteiger partial charge in [-0.25, -0.2) is 0 Å². The largest absolute Gasteiger partial charge is 0.317 e. The Morgan fingerprint density at radius 1 is 1.18 bits per heavy atom. The van der Waals surface area contributed by atoms with Crippen molar-refractivity contribution in [1.29, 1.82) is 0 Å². The number of hydrogen-bond donors (Lipinski definition) is 1. The second-order valence-electron chi connectivity index (χ2n) is 5.93. The van der Waals surface area contributed by atoms with E-state index in [1.807, 2.05) is 0 Å². The average Bonchev–Trinajstić information content (AvgIpc) is 3.03. The predicted molar refractivity (Wildman–Crippen MR) is 74.5 cm³/mol. The molecule has 0 bridgehead atoms. The van der Waals surface area contributed by atoms with Crippen LogP contribution in [0.15, 0.2) is 12.1 Å². The van der Waals surface area contributed by atoms with E-state index in [-0.39, 0.29) is 0 Å². The second-order valence-corrected chi connectivity index (χ2v) is 5.93. The molecule has 0 aromatic heterocycles. The fourth-order valence-corrected chi connectivity index (χ4v) is 3.07. The minimum Gasteiger partial charge on any atom is -0.317 e. The summed E-state index contributed by atoms with van der Waals surface area (Å²) in [4.78, 5) is 0. The van der Waals surface area contributed by atoms with Crippen LogP contribution in [-0.4, -0.2) is 13.1 Å². The highest BCUT2D eigenvalue weighted by atomic mass is 14.9. The van der Waals surface area contributed by atoms with Crippen molar-refractivity contribution in [2.45, 2.75) is 53.0 Å². The van der Waals surface area contributed by atoms with Crippen LogP contribution in [0.2, 0.25) is 0 Å². The predicted octanol–water partition coefficient (Wildman–Crippen LogP) is 3.54. The van der Waals surface area contributed by atoms with Gasteiger partial charge in [0.25, 0.3) is 0 Å². The van der Waals surface area contributed by atoms with Crippen LogP contribution in [-0.2, 0) is 6.42 Å². The summed E-state index contributed by atoms with van der Waals surface area (Å²) < 4.78 is 0. The Labute approximate surface area is 106 Å². The van der Waals surface area contributed by atoms with Crippen LogP contribution in [0.25, 0.3) is 0 Å². The molecule has 1 atom stereocenters. The minimum absolute atomic E-state index is 0.527. The molecule has 0 amide bonds. The second kappa shape index (κ2) is 4.45. The molecule has 1 aromatic rings. The lowest BCUT2D eigenvalue weighted by Crippen LogP contribution is -2.33. The molecule has 1 aliphatic rings. The highest BCUT2D eigenvalue weighted by molar-refractivity contribution is 5.39. The molecule has 2 rings (SSSR count). The average molecular weight is 231 g/mol. The van der Waals surface area contributed by atoms with E-state index in [1.165, 1.54) is 36.0 Å². The molecule has 94 valence electrons. The van der Waals surface area contributed by atoms with Crippen molar-refractivity contribution in [1.82, 2.24) is 5.32 Å². The first-order valence-electron chi connectivity index (χ1n) is 6.72. The van der Waals surface area contributed by atoms with E-state index in [0.29, 0.717) is 11.5 Å². The van der Waals surface area contributed by atoms with Gasteiger partial charge in [-0.2, -0.15) is 0 Å². The molecule has 1 nitrogen and oxygen atoms in total. The molecule has 1 saturated carbocycles. The zero-order chi connectivity index (χ0) is 12.6. The van der Waals surface area contributed by atoms with Gasteiger partial charge in [0, 0.05) is 6.04 Å². The van der Waals surface area contributed by atoms with Crippen molar-refractivity contribution in [3.63, 3.8) is 0 Å². The highest BCUT2D eigenvalue weighted by Crippen LogP contribution is 2.51. The Hall–Kier alpha value is -0.820. The summed E-state index contributed by atoms with van der Waals surface area (Å²) in [5.41, 5.74) is 6.43. The molecule has 17 heavy (non-hydrogen) atoms. The van der Waals surface area contributed by atoms with Crippen molar-refractivity contribution < 1.29 is 0 Å². The van der Waals surface area contributed by atoms with Gasteiger partial charge in [0.05, 0.1) is 0 Å². The Morgan fingerprint density at radius 3 is 2.12 bits per heavy atom. The summed E-state index contributed by atoms with van der Waals surface area (Å²) in [5.74, 6) is 0. The maximum atomic E-state index is 3.44. The Balaban J connectivity index is 2.25. The number of nitrogens with one attached hydrogen (secondary N) is 1. The number of hydrogen-bond acceptors (Lipinski definition) is 1. The van der Waals surface area contributed by atoms with Gasteiger partial charge in [0.2, 0.25) is 0 Å². The molecule has 0 heterocycles. The fraction of sp³-hybridized carbons (Fsp3) is 0.625. The Kier molecular flexibility index (Phi) is 3.31. The Morgan fingerprint density at radius 2 is 1.71 bits per heavy atom. The van der Waals surface area contributed by atoms with Crippen molar-refractivity contribution in [2.24, 2.45) is 5.41 Å². The maximum absolute atomic E-state index is 3.44. The van der Waals surface area contributed by atoms with E-state index in [9.17, 15) is 0 Å². The monoisotopic (exact) mass is 231 g/mol. The van der Waals surface area contributed by atoms with Crippen molar-refractivity contribution in [2.75, 3.05) is 7.05 Å². The van der Waals surface area contributed by atoms with E-state index in [2.05, 4.69) is 52.2 Å².